The highest BCUT2D eigenvalue weighted by Crippen LogP contribution is 2.25. The second-order valence-electron chi connectivity index (χ2n) is 5.72. The number of halogens is 1. The molecule has 0 N–H and O–H groups in total. The molecule has 0 amide bonds. The first kappa shape index (κ1) is 20.2. The Kier molecular flexibility index (Phi) is 6.95. The lowest BCUT2D eigenvalue weighted by molar-refractivity contribution is -0.131. The van der Waals surface area contributed by atoms with Crippen LogP contribution in [0.15, 0.2) is 53.7 Å². The fourth-order valence-electron chi connectivity index (χ4n) is 2.55. The lowest BCUT2D eigenvalue weighted by Gasteiger charge is -2.08. The minimum Gasteiger partial charge on any atom is -0.494 e. The van der Waals surface area contributed by atoms with E-state index in [0.717, 1.165) is 17.1 Å². The fraction of sp³-hybridized carbons (Fsp3) is 0.250. The molecule has 1 aromatic heterocycles. The van der Waals surface area contributed by atoms with E-state index in [1.54, 1.807) is 24.3 Å². The molecule has 0 radical (unpaired) electrons. The van der Waals surface area contributed by atoms with Gasteiger partial charge < -0.3 is 14.0 Å². The Morgan fingerprint density at radius 3 is 2.36 bits per heavy atom. The molecule has 6 nitrogen and oxygen atoms in total. The van der Waals surface area contributed by atoms with Crippen LogP contribution in [0.3, 0.4) is 0 Å². The van der Waals surface area contributed by atoms with Crippen molar-refractivity contribution in [3.05, 3.63) is 53.6 Å². The molecular weight excluding hydrogens is 398 g/mol. The van der Waals surface area contributed by atoms with E-state index < -0.39 is 0 Å². The van der Waals surface area contributed by atoms with Crippen molar-refractivity contribution >= 4 is 29.3 Å². The van der Waals surface area contributed by atoms with E-state index in [4.69, 9.17) is 21.1 Å². The molecule has 0 unspecified atom stereocenters. The molecule has 146 valence electrons. The Balaban J connectivity index is 1.62. The maximum Gasteiger partial charge on any atom is 0.321 e. The minimum absolute atomic E-state index is 0.131. The molecule has 0 aliphatic heterocycles. The van der Waals surface area contributed by atoms with Gasteiger partial charge in [-0.15, -0.1) is 10.2 Å². The average molecular weight is 418 g/mol. The van der Waals surface area contributed by atoms with Crippen LogP contribution >= 0.6 is 23.4 Å². The molecule has 0 aliphatic rings. The number of ether oxygens (including phenoxy) is 2. The Hall–Kier alpha value is -2.51. The SMILES string of the molecule is CCOc1ccc(OC(=O)CSc2nnc(-c3ccc(Cl)cc3)n2CC)cc1. The van der Waals surface area contributed by atoms with E-state index in [2.05, 4.69) is 10.2 Å². The van der Waals surface area contributed by atoms with Crippen LogP contribution in [-0.4, -0.2) is 33.1 Å². The summed E-state index contributed by atoms with van der Waals surface area (Å²) in [5.41, 5.74) is 0.919. The highest BCUT2D eigenvalue weighted by Gasteiger charge is 2.15. The van der Waals surface area contributed by atoms with Crippen molar-refractivity contribution in [1.82, 2.24) is 14.8 Å². The minimum atomic E-state index is -0.354. The monoisotopic (exact) mass is 417 g/mol. The molecule has 3 aromatic rings. The summed E-state index contributed by atoms with van der Waals surface area (Å²) in [6, 6.07) is 14.4. The summed E-state index contributed by atoms with van der Waals surface area (Å²) in [6.07, 6.45) is 0. The molecule has 0 fully saturated rings. The summed E-state index contributed by atoms with van der Waals surface area (Å²) in [5, 5.41) is 9.80. The van der Waals surface area contributed by atoms with Gasteiger partial charge in [-0.25, -0.2) is 0 Å². The zero-order chi connectivity index (χ0) is 19.9. The summed E-state index contributed by atoms with van der Waals surface area (Å²) in [7, 11) is 0. The first-order valence-corrected chi connectivity index (χ1v) is 10.2. The first-order valence-electron chi connectivity index (χ1n) is 8.86. The molecule has 3 rings (SSSR count). The van der Waals surface area contributed by atoms with Crippen LogP contribution in [-0.2, 0) is 11.3 Å². The van der Waals surface area contributed by atoms with Gasteiger partial charge in [-0.3, -0.25) is 4.79 Å². The van der Waals surface area contributed by atoms with Gasteiger partial charge >= 0.3 is 5.97 Å². The molecule has 0 bridgehead atoms. The number of carbonyl (C=O) groups excluding carboxylic acids is 1. The van der Waals surface area contributed by atoms with Crippen LogP contribution in [0.5, 0.6) is 11.5 Å². The molecule has 0 saturated heterocycles. The topological polar surface area (TPSA) is 66.2 Å². The van der Waals surface area contributed by atoms with Crippen molar-refractivity contribution in [2.75, 3.05) is 12.4 Å². The van der Waals surface area contributed by atoms with Crippen molar-refractivity contribution in [1.29, 1.82) is 0 Å². The summed E-state index contributed by atoms with van der Waals surface area (Å²) in [4.78, 5) is 12.2. The number of aromatic nitrogens is 3. The van der Waals surface area contributed by atoms with Gasteiger partial charge in [-0.05, 0) is 62.4 Å². The smallest absolute Gasteiger partial charge is 0.321 e. The number of hydrogen-bond donors (Lipinski definition) is 0. The predicted molar refractivity (Wildman–Crippen MR) is 110 cm³/mol. The highest BCUT2D eigenvalue weighted by atomic mass is 35.5. The Morgan fingerprint density at radius 1 is 1.04 bits per heavy atom. The van der Waals surface area contributed by atoms with Crippen LogP contribution in [0, 0.1) is 0 Å². The quantitative estimate of drug-likeness (QED) is 0.300. The van der Waals surface area contributed by atoms with Gasteiger partial charge in [0.25, 0.3) is 0 Å². The van der Waals surface area contributed by atoms with E-state index in [1.165, 1.54) is 11.8 Å². The van der Waals surface area contributed by atoms with Crippen molar-refractivity contribution in [2.24, 2.45) is 0 Å². The molecule has 8 heteroatoms. The maximum absolute atomic E-state index is 12.2. The Labute approximate surface area is 172 Å². The molecule has 0 aliphatic carbocycles. The van der Waals surface area contributed by atoms with Gasteiger partial charge in [0.1, 0.15) is 11.5 Å². The lowest BCUT2D eigenvalue weighted by Crippen LogP contribution is -2.11. The van der Waals surface area contributed by atoms with Crippen LogP contribution in [0.2, 0.25) is 5.02 Å². The second kappa shape index (κ2) is 9.61. The maximum atomic E-state index is 12.2. The molecule has 0 spiro atoms. The summed E-state index contributed by atoms with van der Waals surface area (Å²) in [6.45, 7) is 5.19. The van der Waals surface area contributed by atoms with Gasteiger partial charge in [-0.2, -0.15) is 0 Å². The summed E-state index contributed by atoms with van der Waals surface area (Å²) >= 11 is 7.24. The van der Waals surface area contributed by atoms with E-state index in [-0.39, 0.29) is 11.7 Å². The number of thioether (sulfide) groups is 1. The normalized spacial score (nSPS) is 10.7. The largest absolute Gasteiger partial charge is 0.494 e. The van der Waals surface area contributed by atoms with Crippen LogP contribution in [0.1, 0.15) is 13.8 Å². The van der Waals surface area contributed by atoms with Crippen molar-refractivity contribution in [3.63, 3.8) is 0 Å². The van der Waals surface area contributed by atoms with Crippen LogP contribution < -0.4 is 9.47 Å². The van der Waals surface area contributed by atoms with E-state index in [9.17, 15) is 4.79 Å². The van der Waals surface area contributed by atoms with E-state index in [1.807, 2.05) is 42.7 Å². The van der Waals surface area contributed by atoms with E-state index >= 15 is 0 Å². The van der Waals surface area contributed by atoms with Gasteiger partial charge in [0.15, 0.2) is 11.0 Å². The van der Waals surface area contributed by atoms with Gasteiger partial charge in [0.05, 0.1) is 12.4 Å². The van der Waals surface area contributed by atoms with Crippen molar-refractivity contribution in [3.8, 4) is 22.9 Å². The Morgan fingerprint density at radius 2 is 1.71 bits per heavy atom. The average Bonchev–Trinajstić information content (AvgIpc) is 3.11. The lowest BCUT2D eigenvalue weighted by atomic mass is 10.2. The molecular formula is C20H20ClN3O3S. The van der Waals surface area contributed by atoms with Gasteiger partial charge in [-0.1, -0.05) is 23.4 Å². The van der Waals surface area contributed by atoms with Gasteiger partial charge in [0, 0.05) is 17.1 Å². The third-order valence-corrected chi connectivity index (χ3v) is 5.01. The second-order valence-corrected chi connectivity index (χ2v) is 7.10. The fourth-order valence-corrected chi connectivity index (χ4v) is 3.45. The van der Waals surface area contributed by atoms with E-state index in [0.29, 0.717) is 29.1 Å². The summed E-state index contributed by atoms with van der Waals surface area (Å²) in [5.74, 6) is 1.73. The predicted octanol–water partition coefficient (Wildman–Crippen LogP) is 4.71. The number of benzene rings is 2. The third kappa shape index (κ3) is 5.05. The molecule has 0 atom stereocenters. The van der Waals surface area contributed by atoms with Gasteiger partial charge in [0.2, 0.25) is 0 Å². The first-order chi connectivity index (χ1) is 13.6. The molecule has 1 heterocycles. The van der Waals surface area contributed by atoms with Crippen molar-refractivity contribution < 1.29 is 14.3 Å². The molecule has 2 aromatic carbocycles. The summed E-state index contributed by atoms with van der Waals surface area (Å²) < 4.78 is 12.7. The highest BCUT2D eigenvalue weighted by molar-refractivity contribution is 7.99. The third-order valence-electron chi connectivity index (χ3n) is 3.82. The number of nitrogens with zero attached hydrogens (tertiary/aromatic N) is 3. The molecule has 0 saturated carbocycles. The van der Waals surface area contributed by atoms with Crippen LogP contribution in [0.4, 0.5) is 0 Å². The number of hydrogen-bond acceptors (Lipinski definition) is 6. The van der Waals surface area contributed by atoms with Crippen molar-refractivity contribution in [2.45, 2.75) is 25.5 Å². The Bertz CT molecular complexity index is 927. The number of rotatable bonds is 8. The number of esters is 1. The zero-order valence-electron chi connectivity index (χ0n) is 15.6. The molecule has 28 heavy (non-hydrogen) atoms. The standard InChI is InChI=1S/C20H20ClN3O3S/c1-3-24-19(14-5-7-15(21)8-6-14)22-23-20(24)28-13-18(25)27-17-11-9-16(10-12-17)26-4-2/h5-12H,3-4,13H2,1-2H3. The number of carbonyl (C=O) groups is 1. The zero-order valence-corrected chi connectivity index (χ0v) is 17.2. The van der Waals surface area contributed by atoms with Crippen LogP contribution in [0.25, 0.3) is 11.4 Å².